The third-order valence-electron chi connectivity index (χ3n) is 3.04. The van der Waals surface area contributed by atoms with Crippen LogP contribution < -0.4 is 5.32 Å². The lowest BCUT2D eigenvalue weighted by atomic mass is 10.2. The van der Waals surface area contributed by atoms with Crippen molar-refractivity contribution in [1.29, 1.82) is 0 Å². The van der Waals surface area contributed by atoms with Gasteiger partial charge < -0.3 is 9.73 Å². The third kappa shape index (κ3) is 2.40. The van der Waals surface area contributed by atoms with Gasteiger partial charge in [-0.15, -0.1) is 0 Å². The van der Waals surface area contributed by atoms with E-state index in [1.165, 1.54) is 6.33 Å². The Morgan fingerprint density at radius 3 is 2.95 bits per heavy atom. The molecule has 102 valence electrons. The van der Waals surface area contributed by atoms with Crippen LogP contribution in [0.1, 0.15) is 11.3 Å². The lowest BCUT2D eigenvalue weighted by Gasteiger charge is -2.12. The van der Waals surface area contributed by atoms with Gasteiger partial charge in [0.1, 0.15) is 24.1 Å². The Morgan fingerprint density at radius 2 is 2.25 bits per heavy atom. The average Bonchev–Trinajstić information content (AvgIpc) is 3.08. The van der Waals surface area contributed by atoms with Crippen molar-refractivity contribution in [2.45, 2.75) is 13.5 Å². The van der Waals surface area contributed by atoms with E-state index in [0.717, 1.165) is 22.7 Å². The normalized spacial score (nSPS) is 10.7. The number of rotatable bonds is 4. The number of nitrogens with one attached hydrogen (secondary N) is 1. The van der Waals surface area contributed by atoms with Crippen LogP contribution in [0.2, 0.25) is 5.02 Å². The minimum Gasteiger partial charge on any atom is -0.467 e. The molecule has 2 aromatic heterocycles. The average molecular weight is 289 g/mol. The molecule has 0 unspecified atom stereocenters. The highest BCUT2D eigenvalue weighted by Gasteiger charge is 2.10. The van der Waals surface area contributed by atoms with Crippen LogP contribution in [0, 0.1) is 6.92 Å². The standard InChI is InChI=1S/C14H13ClN4O/c1-10-5-6-20-13(10)7-17-12-4-2-3-11(15)14(12)19-9-16-8-18-19/h2-6,8-9,17H,7H2,1H3. The number of hydrogen-bond donors (Lipinski definition) is 1. The predicted octanol–water partition coefficient (Wildman–Crippen LogP) is 3.43. The van der Waals surface area contributed by atoms with E-state index in [1.807, 2.05) is 31.2 Å². The summed E-state index contributed by atoms with van der Waals surface area (Å²) < 4.78 is 7.06. The largest absolute Gasteiger partial charge is 0.467 e. The smallest absolute Gasteiger partial charge is 0.138 e. The van der Waals surface area contributed by atoms with Crippen molar-refractivity contribution in [3.8, 4) is 5.69 Å². The molecule has 0 radical (unpaired) electrons. The summed E-state index contributed by atoms with van der Waals surface area (Å²) in [5.74, 6) is 0.898. The molecule has 0 aliphatic rings. The Morgan fingerprint density at radius 1 is 1.35 bits per heavy atom. The molecular formula is C14H13ClN4O. The highest BCUT2D eigenvalue weighted by atomic mass is 35.5. The van der Waals surface area contributed by atoms with Gasteiger partial charge in [-0.05, 0) is 30.7 Å². The summed E-state index contributed by atoms with van der Waals surface area (Å²) in [6.07, 6.45) is 4.77. The molecule has 0 fully saturated rings. The van der Waals surface area contributed by atoms with Crippen molar-refractivity contribution in [2.75, 3.05) is 5.32 Å². The molecule has 0 atom stereocenters. The van der Waals surface area contributed by atoms with E-state index in [4.69, 9.17) is 16.0 Å². The molecule has 0 bridgehead atoms. The van der Waals surface area contributed by atoms with Crippen molar-refractivity contribution in [1.82, 2.24) is 14.8 Å². The van der Waals surface area contributed by atoms with Crippen LogP contribution >= 0.6 is 11.6 Å². The van der Waals surface area contributed by atoms with Gasteiger partial charge in [0, 0.05) is 0 Å². The fourth-order valence-electron chi connectivity index (χ4n) is 1.98. The number of benzene rings is 1. The van der Waals surface area contributed by atoms with Crippen molar-refractivity contribution >= 4 is 17.3 Å². The lowest BCUT2D eigenvalue weighted by Crippen LogP contribution is -2.05. The van der Waals surface area contributed by atoms with E-state index >= 15 is 0 Å². The Kier molecular flexibility index (Phi) is 3.43. The number of furan rings is 1. The van der Waals surface area contributed by atoms with Gasteiger partial charge in [-0.2, -0.15) is 5.10 Å². The number of anilines is 1. The van der Waals surface area contributed by atoms with Crippen LogP contribution in [-0.4, -0.2) is 14.8 Å². The highest BCUT2D eigenvalue weighted by Crippen LogP contribution is 2.28. The van der Waals surface area contributed by atoms with Crippen LogP contribution in [0.15, 0.2) is 47.6 Å². The van der Waals surface area contributed by atoms with E-state index in [2.05, 4.69) is 15.4 Å². The van der Waals surface area contributed by atoms with Gasteiger partial charge in [-0.1, -0.05) is 17.7 Å². The number of para-hydroxylation sites is 1. The summed E-state index contributed by atoms with van der Waals surface area (Å²) in [7, 11) is 0. The topological polar surface area (TPSA) is 55.9 Å². The highest BCUT2D eigenvalue weighted by molar-refractivity contribution is 6.33. The van der Waals surface area contributed by atoms with Crippen LogP contribution in [0.25, 0.3) is 5.69 Å². The van der Waals surface area contributed by atoms with Gasteiger partial charge in [0.2, 0.25) is 0 Å². The molecule has 1 N–H and O–H groups in total. The van der Waals surface area contributed by atoms with E-state index < -0.39 is 0 Å². The summed E-state index contributed by atoms with van der Waals surface area (Å²) in [6.45, 7) is 2.59. The SMILES string of the molecule is Cc1ccoc1CNc1cccc(Cl)c1-n1cncn1. The first-order chi connectivity index (χ1) is 9.75. The third-order valence-corrected chi connectivity index (χ3v) is 3.35. The van der Waals surface area contributed by atoms with Crippen molar-refractivity contribution in [2.24, 2.45) is 0 Å². The lowest BCUT2D eigenvalue weighted by molar-refractivity contribution is 0.515. The summed E-state index contributed by atoms with van der Waals surface area (Å²) in [6, 6.07) is 7.59. The fraction of sp³-hybridized carbons (Fsp3) is 0.143. The fourth-order valence-corrected chi connectivity index (χ4v) is 2.24. The summed E-state index contributed by atoms with van der Waals surface area (Å²) in [5, 5.41) is 8.06. The van der Waals surface area contributed by atoms with E-state index in [-0.39, 0.29) is 0 Å². The second-order valence-corrected chi connectivity index (χ2v) is 4.76. The van der Waals surface area contributed by atoms with Crippen LogP contribution in [0.4, 0.5) is 5.69 Å². The Labute approximate surface area is 121 Å². The number of aromatic nitrogens is 3. The summed E-state index contributed by atoms with van der Waals surface area (Å²) >= 11 is 6.26. The molecule has 6 heteroatoms. The number of halogens is 1. The maximum absolute atomic E-state index is 6.26. The van der Waals surface area contributed by atoms with E-state index in [1.54, 1.807) is 17.3 Å². The Balaban J connectivity index is 1.90. The molecule has 5 nitrogen and oxygen atoms in total. The second kappa shape index (κ2) is 5.38. The van der Waals surface area contributed by atoms with E-state index in [0.29, 0.717) is 11.6 Å². The van der Waals surface area contributed by atoms with Crippen LogP contribution in [-0.2, 0) is 6.54 Å². The minimum absolute atomic E-state index is 0.584. The molecule has 20 heavy (non-hydrogen) atoms. The van der Waals surface area contributed by atoms with Crippen LogP contribution in [0.5, 0.6) is 0 Å². The van der Waals surface area contributed by atoms with Crippen LogP contribution in [0.3, 0.4) is 0 Å². The molecule has 0 saturated heterocycles. The zero-order valence-corrected chi connectivity index (χ0v) is 11.6. The first kappa shape index (κ1) is 12.7. The molecule has 3 rings (SSSR count). The maximum Gasteiger partial charge on any atom is 0.138 e. The van der Waals surface area contributed by atoms with E-state index in [9.17, 15) is 0 Å². The molecule has 0 spiro atoms. The zero-order chi connectivity index (χ0) is 13.9. The van der Waals surface area contributed by atoms with Gasteiger partial charge >= 0.3 is 0 Å². The van der Waals surface area contributed by atoms with Gasteiger partial charge in [-0.25, -0.2) is 9.67 Å². The Hall–Kier alpha value is -2.27. The van der Waals surface area contributed by atoms with Crippen molar-refractivity contribution in [3.05, 3.63) is 59.5 Å². The molecule has 0 amide bonds. The molecule has 1 aromatic carbocycles. The molecule has 0 aliphatic heterocycles. The summed E-state index contributed by atoms with van der Waals surface area (Å²) in [4.78, 5) is 3.95. The number of nitrogens with zero attached hydrogens (tertiary/aromatic N) is 3. The summed E-state index contributed by atoms with van der Waals surface area (Å²) in [5.41, 5.74) is 2.76. The first-order valence-electron chi connectivity index (χ1n) is 6.16. The van der Waals surface area contributed by atoms with Gasteiger partial charge in [0.15, 0.2) is 0 Å². The molecule has 3 aromatic rings. The molecular weight excluding hydrogens is 276 g/mol. The molecule has 0 saturated carbocycles. The van der Waals surface area contributed by atoms with Crippen molar-refractivity contribution in [3.63, 3.8) is 0 Å². The van der Waals surface area contributed by atoms with Gasteiger partial charge in [0.05, 0.1) is 23.5 Å². The second-order valence-electron chi connectivity index (χ2n) is 4.36. The van der Waals surface area contributed by atoms with Gasteiger partial charge in [0.25, 0.3) is 0 Å². The minimum atomic E-state index is 0.584. The maximum atomic E-state index is 6.26. The number of hydrogen-bond acceptors (Lipinski definition) is 4. The predicted molar refractivity (Wildman–Crippen MR) is 77.1 cm³/mol. The Bertz CT molecular complexity index is 706. The van der Waals surface area contributed by atoms with Crippen molar-refractivity contribution < 1.29 is 4.42 Å². The monoisotopic (exact) mass is 288 g/mol. The number of aryl methyl sites for hydroxylation is 1. The first-order valence-corrected chi connectivity index (χ1v) is 6.54. The molecule has 2 heterocycles. The molecule has 0 aliphatic carbocycles. The zero-order valence-electron chi connectivity index (χ0n) is 10.9. The van der Waals surface area contributed by atoms with Gasteiger partial charge in [-0.3, -0.25) is 0 Å². The quantitative estimate of drug-likeness (QED) is 0.799.